The van der Waals surface area contributed by atoms with E-state index >= 15 is 0 Å². The number of likely N-dealkylation sites (N-methyl/N-ethyl adjacent to an activating group) is 1. The van der Waals surface area contributed by atoms with Crippen LogP contribution in [0.15, 0.2) is 39.8 Å². The van der Waals surface area contributed by atoms with Gasteiger partial charge in [0, 0.05) is 23.5 Å². The zero-order valence-electron chi connectivity index (χ0n) is 14.8. The van der Waals surface area contributed by atoms with E-state index in [9.17, 15) is 4.79 Å². The number of nitrogens with zero attached hydrogens (tertiary/aromatic N) is 2. The summed E-state index contributed by atoms with van der Waals surface area (Å²) < 4.78 is 5.25. The van der Waals surface area contributed by atoms with E-state index in [-0.39, 0.29) is 5.91 Å². The van der Waals surface area contributed by atoms with Gasteiger partial charge in [0.1, 0.15) is 5.76 Å². The summed E-state index contributed by atoms with van der Waals surface area (Å²) in [5.74, 6) is 1.49. The fourth-order valence-electron chi connectivity index (χ4n) is 3.26. The number of aryl methyl sites for hydroxylation is 1. The van der Waals surface area contributed by atoms with Gasteiger partial charge < -0.3 is 9.84 Å². The number of benzene rings is 1. The molecule has 1 aromatic heterocycles. The first kappa shape index (κ1) is 18.0. The second kappa shape index (κ2) is 8.54. The number of carbonyl (C=O) groups is 1. The van der Waals surface area contributed by atoms with Crippen LogP contribution in [-0.2, 0) is 5.75 Å². The molecule has 1 unspecified atom stereocenters. The van der Waals surface area contributed by atoms with Gasteiger partial charge in [0.25, 0.3) is 5.91 Å². The third-order valence-corrected chi connectivity index (χ3v) is 5.68. The normalized spacial score (nSPS) is 17.8. The van der Waals surface area contributed by atoms with Gasteiger partial charge in [-0.3, -0.25) is 9.69 Å². The maximum atomic E-state index is 12.7. The first-order valence-electron chi connectivity index (χ1n) is 8.83. The van der Waals surface area contributed by atoms with Gasteiger partial charge in [0.05, 0.1) is 17.0 Å². The zero-order chi connectivity index (χ0) is 17.6. The molecule has 1 saturated heterocycles. The Morgan fingerprint density at radius 3 is 3.04 bits per heavy atom. The van der Waals surface area contributed by atoms with Crippen LogP contribution >= 0.6 is 11.8 Å². The largest absolute Gasteiger partial charge is 0.360 e. The van der Waals surface area contributed by atoms with E-state index in [1.807, 2.05) is 37.3 Å². The number of amides is 1. The maximum Gasteiger partial charge on any atom is 0.252 e. The van der Waals surface area contributed by atoms with Gasteiger partial charge in [-0.1, -0.05) is 24.2 Å². The molecule has 2 heterocycles. The molecule has 0 spiro atoms. The number of carbonyl (C=O) groups excluding carboxylic acids is 1. The summed E-state index contributed by atoms with van der Waals surface area (Å²) in [5, 5.41) is 7.02. The molecule has 134 valence electrons. The number of hydrogen-bond donors (Lipinski definition) is 1. The third kappa shape index (κ3) is 4.64. The molecule has 6 heteroatoms. The monoisotopic (exact) mass is 359 g/mol. The van der Waals surface area contributed by atoms with Crippen LogP contribution in [0.5, 0.6) is 0 Å². The van der Waals surface area contributed by atoms with Gasteiger partial charge in [-0.05, 0) is 45.0 Å². The number of aromatic nitrogens is 1. The lowest BCUT2D eigenvalue weighted by Gasteiger charge is -2.23. The van der Waals surface area contributed by atoms with Gasteiger partial charge in [-0.15, -0.1) is 11.8 Å². The third-order valence-electron chi connectivity index (χ3n) is 4.58. The van der Waals surface area contributed by atoms with Crippen LogP contribution in [0.1, 0.15) is 41.6 Å². The van der Waals surface area contributed by atoms with E-state index in [1.54, 1.807) is 11.8 Å². The molecule has 3 rings (SSSR count). The molecule has 1 fully saturated rings. The topological polar surface area (TPSA) is 58.4 Å². The predicted octanol–water partition coefficient (Wildman–Crippen LogP) is 3.49. The average molecular weight is 359 g/mol. The van der Waals surface area contributed by atoms with E-state index in [0.29, 0.717) is 18.3 Å². The van der Waals surface area contributed by atoms with Gasteiger partial charge in [-0.25, -0.2) is 0 Å². The fourth-order valence-corrected chi connectivity index (χ4v) is 4.19. The van der Waals surface area contributed by atoms with Gasteiger partial charge in [-0.2, -0.15) is 0 Å². The Hall–Kier alpha value is -1.79. The molecule has 25 heavy (non-hydrogen) atoms. The van der Waals surface area contributed by atoms with Gasteiger partial charge in [0.15, 0.2) is 0 Å². The van der Waals surface area contributed by atoms with Crippen molar-refractivity contribution in [2.24, 2.45) is 0 Å². The van der Waals surface area contributed by atoms with Gasteiger partial charge in [0.2, 0.25) is 0 Å². The Morgan fingerprint density at radius 1 is 1.44 bits per heavy atom. The minimum atomic E-state index is -0.000182. The van der Waals surface area contributed by atoms with E-state index in [1.165, 1.54) is 6.42 Å². The molecule has 1 aliphatic rings. The Bertz CT molecular complexity index is 716. The fraction of sp³-hybridized carbons (Fsp3) is 0.474. The summed E-state index contributed by atoms with van der Waals surface area (Å²) >= 11 is 1.60. The molecule has 0 bridgehead atoms. The van der Waals surface area contributed by atoms with Crippen LogP contribution in [0.3, 0.4) is 0 Å². The standard InChI is InChI=1S/C19H25N3O2S/c1-3-22-10-6-7-15(22)12-20-19(23)17-8-4-5-9-18(17)25-13-16-11-14(2)21-24-16/h4-5,8-9,11,15H,3,6-7,10,12-13H2,1-2H3,(H,20,23). The van der Waals surface area contributed by atoms with Crippen LogP contribution in [0.2, 0.25) is 0 Å². The lowest BCUT2D eigenvalue weighted by Crippen LogP contribution is -2.40. The van der Waals surface area contributed by atoms with Crippen molar-refractivity contribution in [3.63, 3.8) is 0 Å². The van der Waals surface area contributed by atoms with E-state index in [4.69, 9.17) is 4.52 Å². The van der Waals surface area contributed by atoms with Crippen molar-refractivity contribution >= 4 is 17.7 Å². The second-order valence-corrected chi connectivity index (χ2v) is 7.37. The minimum Gasteiger partial charge on any atom is -0.360 e. The summed E-state index contributed by atoms with van der Waals surface area (Å²) in [6.07, 6.45) is 2.38. The molecule has 0 radical (unpaired) electrons. The van der Waals surface area contributed by atoms with Gasteiger partial charge >= 0.3 is 0 Å². The van der Waals surface area contributed by atoms with Crippen molar-refractivity contribution in [1.82, 2.24) is 15.4 Å². The predicted molar refractivity (Wildman–Crippen MR) is 99.8 cm³/mol. The smallest absolute Gasteiger partial charge is 0.252 e. The molecular weight excluding hydrogens is 334 g/mol. The van der Waals surface area contributed by atoms with E-state index in [0.717, 1.165) is 41.4 Å². The lowest BCUT2D eigenvalue weighted by molar-refractivity contribution is 0.0938. The molecule has 0 saturated carbocycles. The molecule has 5 nitrogen and oxygen atoms in total. The van der Waals surface area contributed by atoms with Crippen LogP contribution in [0.4, 0.5) is 0 Å². The first-order chi connectivity index (χ1) is 12.2. The number of rotatable bonds is 7. The van der Waals surface area contributed by atoms with Crippen molar-refractivity contribution < 1.29 is 9.32 Å². The van der Waals surface area contributed by atoms with E-state index in [2.05, 4.69) is 22.3 Å². The van der Waals surface area contributed by atoms with Crippen molar-refractivity contribution in [1.29, 1.82) is 0 Å². The van der Waals surface area contributed by atoms with Crippen LogP contribution in [0.25, 0.3) is 0 Å². The quantitative estimate of drug-likeness (QED) is 0.767. The SMILES string of the molecule is CCN1CCCC1CNC(=O)c1ccccc1SCc1cc(C)no1. The Morgan fingerprint density at radius 2 is 2.28 bits per heavy atom. The summed E-state index contributed by atoms with van der Waals surface area (Å²) in [4.78, 5) is 16.1. The second-order valence-electron chi connectivity index (χ2n) is 6.35. The van der Waals surface area contributed by atoms with E-state index < -0.39 is 0 Å². The van der Waals surface area contributed by atoms with Crippen LogP contribution in [0, 0.1) is 6.92 Å². The molecule has 2 aromatic rings. The van der Waals surface area contributed by atoms with Crippen LogP contribution < -0.4 is 5.32 Å². The summed E-state index contributed by atoms with van der Waals surface area (Å²) in [6, 6.07) is 10.1. The molecule has 0 aliphatic carbocycles. The number of thioether (sulfide) groups is 1. The highest BCUT2D eigenvalue weighted by molar-refractivity contribution is 7.98. The molecule has 1 atom stereocenters. The Balaban J connectivity index is 1.60. The average Bonchev–Trinajstić information content (AvgIpc) is 3.26. The van der Waals surface area contributed by atoms with Crippen LogP contribution in [-0.4, -0.2) is 41.6 Å². The molecule has 1 aliphatic heterocycles. The van der Waals surface area contributed by atoms with Crippen molar-refractivity contribution in [3.8, 4) is 0 Å². The van der Waals surface area contributed by atoms with Crippen molar-refractivity contribution in [3.05, 3.63) is 47.3 Å². The molecule has 1 N–H and O–H groups in total. The maximum absolute atomic E-state index is 12.7. The number of hydrogen-bond acceptors (Lipinski definition) is 5. The Kier molecular flexibility index (Phi) is 6.15. The Labute approximate surface area is 153 Å². The number of nitrogens with one attached hydrogen (secondary N) is 1. The lowest BCUT2D eigenvalue weighted by atomic mass is 10.2. The molecule has 1 amide bonds. The minimum absolute atomic E-state index is 0.000182. The highest BCUT2D eigenvalue weighted by Crippen LogP contribution is 2.26. The zero-order valence-corrected chi connectivity index (χ0v) is 15.6. The van der Waals surface area contributed by atoms with Crippen molar-refractivity contribution in [2.75, 3.05) is 19.6 Å². The first-order valence-corrected chi connectivity index (χ1v) is 9.82. The summed E-state index contributed by atoms with van der Waals surface area (Å²) in [6.45, 7) is 6.98. The number of likely N-dealkylation sites (tertiary alicyclic amines) is 1. The molecular formula is C19H25N3O2S. The summed E-state index contributed by atoms with van der Waals surface area (Å²) in [5.41, 5.74) is 1.60. The summed E-state index contributed by atoms with van der Waals surface area (Å²) in [7, 11) is 0. The highest BCUT2D eigenvalue weighted by atomic mass is 32.2. The van der Waals surface area contributed by atoms with Crippen molar-refractivity contribution in [2.45, 2.75) is 43.4 Å². The molecule has 1 aromatic carbocycles. The highest BCUT2D eigenvalue weighted by Gasteiger charge is 2.23.